The van der Waals surface area contributed by atoms with Crippen molar-refractivity contribution in [3.63, 3.8) is 0 Å². The summed E-state index contributed by atoms with van der Waals surface area (Å²) in [6.07, 6.45) is 2.55. The van der Waals surface area contributed by atoms with E-state index < -0.39 is 12.0 Å². The first-order chi connectivity index (χ1) is 19.3. The third kappa shape index (κ3) is 6.01. The number of ether oxygens (including phenoxy) is 5. The summed E-state index contributed by atoms with van der Waals surface area (Å²) in [5, 5.41) is 0. The van der Waals surface area contributed by atoms with Crippen molar-refractivity contribution in [3.05, 3.63) is 83.0 Å². The van der Waals surface area contributed by atoms with Crippen LogP contribution in [0.4, 0.5) is 0 Å². The van der Waals surface area contributed by atoms with Gasteiger partial charge in [-0.1, -0.05) is 36.5 Å². The molecule has 0 unspecified atom stereocenters. The van der Waals surface area contributed by atoms with Crippen molar-refractivity contribution in [1.82, 2.24) is 4.57 Å². The number of aromatic nitrogens is 1. The number of carbonyl (C=O) groups is 1. The van der Waals surface area contributed by atoms with Gasteiger partial charge in [-0.25, -0.2) is 9.79 Å². The lowest BCUT2D eigenvalue weighted by molar-refractivity contribution is -0.140. The predicted octanol–water partition coefficient (Wildman–Crippen LogP) is 3.99. The first kappa shape index (κ1) is 29.6. The molecule has 0 spiro atoms. The Kier molecular flexibility index (Phi) is 9.83. The molecule has 0 N–H and O–H groups in total. The molecule has 0 aliphatic carbocycles. The molecule has 0 saturated heterocycles. The fraction of sp³-hybridized carbons (Fsp3) is 0.345. The number of halogens is 1. The van der Waals surface area contributed by atoms with Crippen LogP contribution in [0.1, 0.15) is 37.4 Å². The second kappa shape index (κ2) is 13.3. The maximum Gasteiger partial charge on any atom is 0.338 e. The highest BCUT2D eigenvalue weighted by atomic mass is 79.9. The van der Waals surface area contributed by atoms with Crippen molar-refractivity contribution in [2.24, 2.45) is 4.99 Å². The fourth-order valence-corrected chi connectivity index (χ4v) is 5.92. The molecule has 3 aromatic rings. The number of fused-ring (bicyclic) bond motifs is 1. The molecule has 2 heterocycles. The van der Waals surface area contributed by atoms with Crippen LogP contribution in [0.5, 0.6) is 17.2 Å². The molecular formula is C29H31BrN2O7S. The van der Waals surface area contributed by atoms with E-state index in [1.165, 1.54) is 23.0 Å². The molecule has 1 aromatic heterocycles. The Morgan fingerprint density at radius 2 is 1.82 bits per heavy atom. The molecule has 11 heteroatoms. The van der Waals surface area contributed by atoms with E-state index in [1.54, 1.807) is 33.3 Å². The van der Waals surface area contributed by atoms with E-state index in [4.69, 9.17) is 23.7 Å². The van der Waals surface area contributed by atoms with Crippen molar-refractivity contribution < 1.29 is 28.5 Å². The van der Waals surface area contributed by atoms with E-state index in [9.17, 15) is 9.59 Å². The Bertz CT molecular complexity index is 1610. The van der Waals surface area contributed by atoms with Gasteiger partial charge >= 0.3 is 5.97 Å². The molecule has 212 valence electrons. The number of esters is 1. The number of para-hydroxylation sites is 1. The predicted molar refractivity (Wildman–Crippen MR) is 156 cm³/mol. The zero-order valence-corrected chi connectivity index (χ0v) is 25.4. The van der Waals surface area contributed by atoms with Gasteiger partial charge in [0.05, 0.1) is 47.7 Å². The zero-order chi connectivity index (χ0) is 28.8. The maximum atomic E-state index is 14.0. The minimum Gasteiger partial charge on any atom is -0.496 e. The number of methoxy groups -OCH3 is 3. The SMILES string of the molecule is CCCOc1ccccc1[C@@H]1C(C(=O)OCCOC)=C(C)N=c2s/c(=C/c3cc(Br)c(OC)cc3OC)c(=O)n21. The maximum absolute atomic E-state index is 14.0. The standard InChI is InChI=1S/C29H31BrN2O7S/c1-6-11-38-21-10-8-7-9-19(21)26-25(28(34)39-13-12-35-3)17(2)31-29-32(26)27(33)24(40-29)15-18-14-20(30)23(37-5)16-22(18)36-4/h7-10,14-16,26H,6,11-13H2,1-5H3/b24-15+/t26-/m1/s1. The van der Waals surface area contributed by atoms with Crippen LogP contribution in [0.15, 0.2) is 61.9 Å². The molecule has 4 rings (SSSR count). The average molecular weight is 632 g/mol. The van der Waals surface area contributed by atoms with Crippen molar-refractivity contribution in [2.75, 3.05) is 41.2 Å². The summed E-state index contributed by atoms with van der Waals surface area (Å²) in [6, 6.07) is 10.2. The molecule has 0 amide bonds. The summed E-state index contributed by atoms with van der Waals surface area (Å²) in [5.74, 6) is 1.16. The lowest BCUT2D eigenvalue weighted by Crippen LogP contribution is -2.40. The third-order valence-electron chi connectivity index (χ3n) is 6.23. The minimum atomic E-state index is -0.800. The Hall–Kier alpha value is -3.41. The Labute approximate surface area is 244 Å². The van der Waals surface area contributed by atoms with Gasteiger partial charge in [-0.15, -0.1) is 0 Å². The molecule has 9 nitrogen and oxygen atoms in total. The van der Waals surface area contributed by atoms with Crippen LogP contribution in [0.3, 0.4) is 0 Å². The monoisotopic (exact) mass is 630 g/mol. The van der Waals surface area contributed by atoms with Gasteiger partial charge in [0.1, 0.15) is 29.9 Å². The summed E-state index contributed by atoms with van der Waals surface area (Å²) >= 11 is 4.74. The van der Waals surface area contributed by atoms with Gasteiger partial charge < -0.3 is 23.7 Å². The highest BCUT2D eigenvalue weighted by molar-refractivity contribution is 9.10. The van der Waals surface area contributed by atoms with E-state index in [0.717, 1.165) is 6.42 Å². The van der Waals surface area contributed by atoms with E-state index >= 15 is 0 Å². The molecule has 0 radical (unpaired) electrons. The molecule has 2 aromatic carbocycles. The van der Waals surface area contributed by atoms with Crippen molar-refractivity contribution in [2.45, 2.75) is 26.3 Å². The number of carbonyl (C=O) groups excluding carboxylic acids is 1. The van der Waals surface area contributed by atoms with Gasteiger partial charge in [-0.05, 0) is 47.5 Å². The minimum absolute atomic E-state index is 0.0728. The van der Waals surface area contributed by atoms with Crippen LogP contribution >= 0.6 is 27.3 Å². The number of hydrogen-bond acceptors (Lipinski definition) is 9. The van der Waals surface area contributed by atoms with Crippen LogP contribution < -0.4 is 29.1 Å². The lowest BCUT2D eigenvalue weighted by Gasteiger charge is -2.26. The van der Waals surface area contributed by atoms with Gasteiger partial charge in [-0.2, -0.15) is 0 Å². The Balaban J connectivity index is 1.94. The van der Waals surface area contributed by atoms with Crippen molar-refractivity contribution in [1.29, 1.82) is 0 Å². The highest BCUT2D eigenvalue weighted by Gasteiger charge is 2.35. The Morgan fingerprint density at radius 1 is 1.07 bits per heavy atom. The number of allylic oxidation sites excluding steroid dienone is 1. The molecule has 1 aliphatic heterocycles. The highest BCUT2D eigenvalue weighted by Crippen LogP contribution is 2.36. The van der Waals surface area contributed by atoms with Crippen LogP contribution in [-0.2, 0) is 14.3 Å². The number of nitrogens with zero attached hydrogens (tertiary/aromatic N) is 2. The topological polar surface area (TPSA) is 97.6 Å². The summed E-state index contributed by atoms with van der Waals surface area (Å²) in [4.78, 5) is 32.6. The number of hydrogen-bond donors (Lipinski definition) is 0. The molecule has 0 saturated carbocycles. The first-order valence-electron chi connectivity index (χ1n) is 12.7. The molecule has 40 heavy (non-hydrogen) atoms. The first-order valence-corrected chi connectivity index (χ1v) is 14.3. The summed E-state index contributed by atoms with van der Waals surface area (Å²) in [5.41, 5.74) is 1.78. The molecule has 1 atom stereocenters. The summed E-state index contributed by atoms with van der Waals surface area (Å²) < 4.78 is 30.2. The van der Waals surface area contributed by atoms with Gasteiger partial charge in [0.2, 0.25) is 0 Å². The summed E-state index contributed by atoms with van der Waals surface area (Å²) in [7, 11) is 4.66. The summed E-state index contributed by atoms with van der Waals surface area (Å²) in [6.45, 7) is 4.57. The quantitative estimate of drug-likeness (QED) is 0.233. The molecule has 0 fully saturated rings. The average Bonchev–Trinajstić information content (AvgIpc) is 3.25. The third-order valence-corrected chi connectivity index (χ3v) is 7.83. The van der Waals surface area contributed by atoms with Crippen LogP contribution in [-0.4, -0.2) is 51.7 Å². The lowest BCUT2D eigenvalue weighted by atomic mass is 9.95. The molecular weight excluding hydrogens is 600 g/mol. The van der Waals surface area contributed by atoms with Crippen LogP contribution in [0.25, 0.3) is 6.08 Å². The van der Waals surface area contributed by atoms with Crippen LogP contribution in [0.2, 0.25) is 0 Å². The van der Waals surface area contributed by atoms with Gasteiger partial charge in [0.25, 0.3) is 5.56 Å². The molecule has 1 aliphatic rings. The van der Waals surface area contributed by atoms with Crippen molar-refractivity contribution >= 4 is 39.3 Å². The fourth-order valence-electron chi connectivity index (χ4n) is 4.36. The normalized spacial score (nSPS) is 14.9. The van der Waals surface area contributed by atoms with E-state index in [2.05, 4.69) is 20.9 Å². The van der Waals surface area contributed by atoms with Gasteiger partial charge in [0, 0.05) is 24.3 Å². The van der Waals surface area contributed by atoms with E-state index in [1.807, 2.05) is 37.3 Å². The zero-order valence-electron chi connectivity index (χ0n) is 23.0. The van der Waals surface area contributed by atoms with Crippen molar-refractivity contribution in [3.8, 4) is 17.2 Å². The second-order valence-electron chi connectivity index (χ2n) is 8.83. The van der Waals surface area contributed by atoms with Gasteiger partial charge in [-0.3, -0.25) is 9.36 Å². The number of benzene rings is 2. The second-order valence-corrected chi connectivity index (χ2v) is 10.7. The largest absolute Gasteiger partial charge is 0.496 e. The van der Waals surface area contributed by atoms with E-state index in [-0.39, 0.29) is 24.3 Å². The van der Waals surface area contributed by atoms with Crippen LogP contribution in [0, 0.1) is 0 Å². The van der Waals surface area contributed by atoms with Gasteiger partial charge in [0.15, 0.2) is 4.80 Å². The number of thiazole rings is 1. The smallest absolute Gasteiger partial charge is 0.338 e. The van der Waals surface area contributed by atoms with E-state index in [0.29, 0.717) is 54.5 Å². The Morgan fingerprint density at radius 3 is 2.52 bits per heavy atom. The molecule has 0 bridgehead atoms. The number of rotatable bonds is 11.